The molecule has 0 aliphatic heterocycles. The molecule has 0 amide bonds. The Kier molecular flexibility index (Phi) is 14.1. The zero-order valence-electron chi connectivity index (χ0n) is 7.08. The van der Waals surface area contributed by atoms with Crippen LogP contribution in [0.4, 0.5) is 4.39 Å². The Labute approximate surface area is 58.5 Å². The zero-order valence-corrected chi connectivity index (χ0v) is 7.08. The topological polar surface area (TPSA) is 0 Å². The van der Waals surface area contributed by atoms with Crippen LogP contribution in [-0.2, 0) is 0 Å². The van der Waals surface area contributed by atoms with Gasteiger partial charge >= 0.3 is 0 Å². The Balaban J connectivity index is 0. The maximum atomic E-state index is 11.7. The zero-order chi connectivity index (χ0) is 7.70. The molecule has 0 aromatic carbocycles. The molecule has 0 fully saturated rings. The minimum Gasteiger partial charge on any atom is -0.248 e. The highest BCUT2D eigenvalue weighted by molar-refractivity contribution is 4.41. The van der Waals surface area contributed by atoms with E-state index in [1.165, 1.54) is 6.42 Å². The summed E-state index contributed by atoms with van der Waals surface area (Å²) in [5.41, 5.74) is 0. The summed E-state index contributed by atoms with van der Waals surface area (Å²) in [7, 11) is 0. The highest BCUT2D eigenvalue weighted by Gasteiger charge is 1.90. The van der Waals surface area contributed by atoms with Crippen molar-refractivity contribution in [2.45, 2.75) is 53.1 Å². The maximum absolute atomic E-state index is 11.7. The Morgan fingerprint density at radius 1 is 1.22 bits per heavy atom. The fourth-order valence-electron chi connectivity index (χ4n) is 0.398. The molecule has 0 nitrogen and oxygen atoms in total. The van der Waals surface area contributed by atoms with E-state index in [1.807, 2.05) is 6.92 Å². The fraction of sp³-hybridized carbons (Fsp3) is 1.00. The Morgan fingerprint density at radius 2 is 1.56 bits per heavy atom. The van der Waals surface area contributed by atoms with Crippen LogP contribution in [0.25, 0.3) is 0 Å². The second-order valence-electron chi connectivity index (χ2n) is 2.28. The number of hydrogen-bond acceptors (Lipinski definition) is 0. The lowest BCUT2D eigenvalue weighted by atomic mass is 10.2. The summed E-state index contributed by atoms with van der Waals surface area (Å²) in [6, 6.07) is 0. The average Bonchev–Trinajstić information content (AvgIpc) is 1.67. The molecule has 9 heavy (non-hydrogen) atoms. The lowest BCUT2D eigenvalue weighted by Crippen LogP contribution is -1.87. The molecule has 0 N–H and O–H groups in total. The van der Waals surface area contributed by atoms with Crippen molar-refractivity contribution in [1.82, 2.24) is 0 Å². The van der Waals surface area contributed by atoms with Gasteiger partial charge in [-0.3, -0.25) is 0 Å². The average molecular weight is 134 g/mol. The third-order valence-corrected chi connectivity index (χ3v) is 0.686. The first kappa shape index (κ1) is 11.7. The number of halogens is 1. The molecule has 0 aliphatic carbocycles. The lowest BCUT2D eigenvalue weighted by Gasteiger charge is -1.91. The quantitative estimate of drug-likeness (QED) is 0.541. The van der Waals surface area contributed by atoms with E-state index in [-0.39, 0.29) is 0 Å². The van der Waals surface area contributed by atoms with E-state index in [1.54, 1.807) is 6.92 Å². The first-order valence-electron chi connectivity index (χ1n) is 3.83. The van der Waals surface area contributed by atoms with Crippen molar-refractivity contribution in [2.24, 2.45) is 0 Å². The molecule has 0 aromatic heterocycles. The molecule has 0 bridgehead atoms. The molecule has 0 heterocycles. The van der Waals surface area contributed by atoms with E-state index in [9.17, 15) is 4.39 Å². The summed E-state index contributed by atoms with van der Waals surface area (Å²) >= 11 is 0. The number of alkyl halides is 1. The molecule has 0 saturated heterocycles. The summed E-state index contributed by atoms with van der Waals surface area (Å²) < 4.78 is 11.7. The SMILES string of the molecule is CCC.CCCC(C)F. The Hall–Kier alpha value is -0.0700. The van der Waals surface area contributed by atoms with Crippen molar-refractivity contribution in [3.8, 4) is 0 Å². The molecule has 58 valence electrons. The minimum atomic E-state index is -0.602. The van der Waals surface area contributed by atoms with Gasteiger partial charge in [-0.25, -0.2) is 4.39 Å². The van der Waals surface area contributed by atoms with Crippen molar-refractivity contribution < 1.29 is 4.39 Å². The van der Waals surface area contributed by atoms with Crippen LogP contribution in [-0.4, -0.2) is 6.17 Å². The second-order valence-corrected chi connectivity index (χ2v) is 2.28. The Morgan fingerprint density at radius 3 is 1.56 bits per heavy atom. The van der Waals surface area contributed by atoms with Gasteiger partial charge in [0.25, 0.3) is 0 Å². The number of rotatable bonds is 2. The molecule has 0 aromatic rings. The van der Waals surface area contributed by atoms with Crippen LogP contribution in [0.15, 0.2) is 0 Å². The van der Waals surface area contributed by atoms with Crippen LogP contribution < -0.4 is 0 Å². The van der Waals surface area contributed by atoms with Gasteiger partial charge in [0.1, 0.15) is 0 Å². The van der Waals surface area contributed by atoms with E-state index < -0.39 is 6.17 Å². The normalized spacial score (nSPS) is 11.7. The highest BCUT2D eigenvalue weighted by atomic mass is 19.1. The summed E-state index contributed by atoms with van der Waals surface area (Å²) in [6.45, 7) is 7.82. The van der Waals surface area contributed by atoms with Crippen molar-refractivity contribution in [3.05, 3.63) is 0 Å². The molecular formula is C8H19F. The maximum Gasteiger partial charge on any atom is 0.0973 e. The molecule has 0 rings (SSSR count). The highest BCUT2D eigenvalue weighted by Crippen LogP contribution is 1.97. The third kappa shape index (κ3) is 32.5. The number of hydrogen-bond donors (Lipinski definition) is 0. The van der Waals surface area contributed by atoms with Gasteiger partial charge in [0.15, 0.2) is 0 Å². The Bertz CT molecular complexity index is 33.5. The van der Waals surface area contributed by atoms with Gasteiger partial charge in [-0.05, 0) is 13.3 Å². The van der Waals surface area contributed by atoms with Crippen LogP contribution in [0.3, 0.4) is 0 Å². The van der Waals surface area contributed by atoms with E-state index in [0.29, 0.717) is 6.42 Å². The summed E-state index contributed by atoms with van der Waals surface area (Å²) in [5.74, 6) is 0. The standard InChI is InChI=1S/C5H11F.C3H8/c1-3-4-5(2)6;1-3-2/h5H,3-4H2,1-2H3;3H2,1-2H3. The van der Waals surface area contributed by atoms with Gasteiger partial charge in [-0.2, -0.15) is 0 Å². The van der Waals surface area contributed by atoms with Gasteiger partial charge in [0.05, 0.1) is 6.17 Å². The first-order chi connectivity index (χ1) is 4.18. The summed E-state index contributed by atoms with van der Waals surface area (Å²) in [6.07, 6.45) is 2.31. The van der Waals surface area contributed by atoms with E-state index in [0.717, 1.165) is 6.42 Å². The molecule has 0 radical (unpaired) electrons. The van der Waals surface area contributed by atoms with Gasteiger partial charge < -0.3 is 0 Å². The predicted molar refractivity (Wildman–Crippen MR) is 41.4 cm³/mol. The van der Waals surface area contributed by atoms with Crippen molar-refractivity contribution >= 4 is 0 Å². The summed E-state index contributed by atoms with van der Waals surface area (Å²) in [4.78, 5) is 0. The van der Waals surface area contributed by atoms with Crippen LogP contribution in [0.5, 0.6) is 0 Å². The molecule has 1 unspecified atom stereocenters. The van der Waals surface area contributed by atoms with Crippen LogP contribution in [0, 0.1) is 0 Å². The smallest absolute Gasteiger partial charge is 0.0973 e. The second kappa shape index (κ2) is 10.8. The van der Waals surface area contributed by atoms with Crippen LogP contribution in [0.1, 0.15) is 47.0 Å². The van der Waals surface area contributed by atoms with E-state index in [4.69, 9.17) is 0 Å². The van der Waals surface area contributed by atoms with Gasteiger partial charge in [-0.1, -0.05) is 33.6 Å². The largest absolute Gasteiger partial charge is 0.248 e. The molecule has 1 atom stereocenters. The summed E-state index contributed by atoms with van der Waals surface area (Å²) in [5, 5.41) is 0. The van der Waals surface area contributed by atoms with Crippen LogP contribution >= 0.6 is 0 Å². The van der Waals surface area contributed by atoms with Gasteiger partial charge in [0.2, 0.25) is 0 Å². The van der Waals surface area contributed by atoms with E-state index >= 15 is 0 Å². The molecular weight excluding hydrogens is 115 g/mol. The van der Waals surface area contributed by atoms with Gasteiger partial charge in [0, 0.05) is 0 Å². The lowest BCUT2D eigenvalue weighted by molar-refractivity contribution is 0.339. The molecule has 0 aliphatic rings. The molecule has 1 heteroatoms. The van der Waals surface area contributed by atoms with Crippen molar-refractivity contribution in [2.75, 3.05) is 0 Å². The van der Waals surface area contributed by atoms with Gasteiger partial charge in [-0.15, -0.1) is 0 Å². The fourth-order valence-corrected chi connectivity index (χ4v) is 0.398. The third-order valence-electron chi connectivity index (χ3n) is 0.686. The molecule has 0 spiro atoms. The minimum absolute atomic E-state index is 0.602. The van der Waals surface area contributed by atoms with E-state index in [2.05, 4.69) is 13.8 Å². The van der Waals surface area contributed by atoms with Crippen molar-refractivity contribution in [3.63, 3.8) is 0 Å². The first-order valence-corrected chi connectivity index (χ1v) is 3.83. The molecule has 0 saturated carbocycles. The van der Waals surface area contributed by atoms with Crippen molar-refractivity contribution in [1.29, 1.82) is 0 Å². The monoisotopic (exact) mass is 134 g/mol. The van der Waals surface area contributed by atoms with Crippen LogP contribution in [0.2, 0.25) is 0 Å². The predicted octanol–water partition coefficient (Wildman–Crippen LogP) is 3.56.